The van der Waals surface area contributed by atoms with Crippen molar-refractivity contribution in [3.05, 3.63) is 40.6 Å². The topological polar surface area (TPSA) is 47.6 Å². The highest BCUT2D eigenvalue weighted by atomic mass is 32.1. The standard InChI is InChI=1S/C13H13NO3S/c1-16-9-5-6-10(11(8-9)17-2)14-13(15)12-4-3-7-18-12/h3-8H,1-2H3,(H,14,15). The predicted octanol–water partition coefficient (Wildman–Crippen LogP) is 3.02. The van der Waals surface area contributed by atoms with E-state index in [1.807, 2.05) is 11.4 Å². The molecule has 1 heterocycles. The van der Waals surface area contributed by atoms with E-state index >= 15 is 0 Å². The van der Waals surface area contributed by atoms with Gasteiger partial charge < -0.3 is 14.8 Å². The minimum absolute atomic E-state index is 0.145. The van der Waals surface area contributed by atoms with Crippen molar-refractivity contribution in [2.75, 3.05) is 19.5 Å². The molecule has 0 unspecified atom stereocenters. The molecule has 0 aliphatic carbocycles. The van der Waals surface area contributed by atoms with Gasteiger partial charge in [0, 0.05) is 6.07 Å². The molecule has 0 bridgehead atoms. The van der Waals surface area contributed by atoms with Crippen LogP contribution in [0.1, 0.15) is 9.67 Å². The second-order valence-electron chi connectivity index (χ2n) is 3.50. The van der Waals surface area contributed by atoms with E-state index in [1.54, 1.807) is 38.5 Å². The highest BCUT2D eigenvalue weighted by molar-refractivity contribution is 7.12. The van der Waals surface area contributed by atoms with Gasteiger partial charge in [-0.15, -0.1) is 11.3 Å². The van der Waals surface area contributed by atoms with Crippen molar-refractivity contribution in [2.45, 2.75) is 0 Å². The summed E-state index contributed by atoms with van der Waals surface area (Å²) in [5.74, 6) is 1.11. The Morgan fingerprint density at radius 1 is 1.22 bits per heavy atom. The van der Waals surface area contributed by atoms with Crippen molar-refractivity contribution in [2.24, 2.45) is 0 Å². The number of anilines is 1. The van der Waals surface area contributed by atoms with Gasteiger partial charge in [-0.1, -0.05) is 6.07 Å². The Labute approximate surface area is 109 Å². The largest absolute Gasteiger partial charge is 0.497 e. The van der Waals surface area contributed by atoms with Crippen LogP contribution in [0.25, 0.3) is 0 Å². The molecular weight excluding hydrogens is 250 g/mol. The lowest BCUT2D eigenvalue weighted by molar-refractivity contribution is 0.103. The van der Waals surface area contributed by atoms with Gasteiger partial charge >= 0.3 is 0 Å². The zero-order valence-electron chi connectivity index (χ0n) is 10.1. The average Bonchev–Trinajstić information content (AvgIpc) is 2.93. The summed E-state index contributed by atoms with van der Waals surface area (Å²) in [5.41, 5.74) is 0.622. The van der Waals surface area contributed by atoms with E-state index in [0.29, 0.717) is 22.1 Å². The molecule has 2 rings (SSSR count). The van der Waals surface area contributed by atoms with E-state index in [9.17, 15) is 4.79 Å². The first kappa shape index (κ1) is 12.4. The second-order valence-corrected chi connectivity index (χ2v) is 4.45. The first-order chi connectivity index (χ1) is 8.74. The van der Waals surface area contributed by atoms with Gasteiger partial charge in [0.25, 0.3) is 5.91 Å². The quantitative estimate of drug-likeness (QED) is 0.922. The molecule has 18 heavy (non-hydrogen) atoms. The SMILES string of the molecule is COc1ccc(NC(=O)c2cccs2)c(OC)c1. The van der Waals surface area contributed by atoms with Crippen LogP contribution in [0.3, 0.4) is 0 Å². The molecule has 0 aliphatic rings. The summed E-state index contributed by atoms with van der Waals surface area (Å²) in [7, 11) is 3.13. The minimum atomic E-state index is -0.145. The summed E-state index contributed by atoms with van der Waals surface area (Å²) in [6.45, 7) is 0. The zero-order chi connectivity index (χ0) is 13.0. The van der Waals surface area contributed by atoms with Crippen LogP contribution in [0, 0.1) is 0 Å². The van der Waals surface area contributed by atoms with E-state index in [4.69, 9.17) is 9.47 Å². The number of carbonyl (C=O) groups is 1. The Morgan fingerprint density at radius 3 is 2.67 bits per heavy atom. The van der Waals surface area contributed by atoms with Gasteiger partial charge in [-0.25, -0.2) is 0 Å². The average molecular weight is 263 g/mol. The fraction of sp³-hybridized carbons (Fsp3) is 0.154. The fourth-order valence-electron chi connectivity index (χ4n) is 1.49. The van der Waals surface area contributed by atoms with Crippen LogP contribution in [-0.4, -0.2) is 20.1 Å². The van der Waals surface area contributed by atoms with Crippen molar-refractivity contribution in [1.82, 2.24) is 0 Å². The van der Waals surface area contributed by atoms with Crippen LogP contribution in [0.15, 0.2) is 35.7 Å². The summed E-state index contributed by atoms with van der Waals surface area (Å²) < 4.78 is 10.3. The van der Waals surface area contributed by atoms with Gasteiger partial charge in [0.05, 0.1) is 24.8 Å². The molecule has 0 saturated carbocycles. The van der Waals surface area contributed by atoms with Crippen LogP contribution in [-0.2, 0) is 0 Å². The maximum absolute atomic E-state index is 11.9. The van der Waals surface area contributed by atoms with Crippen molar-refractivity contribution in [3.8, 4) is 11.5 Å². The Balaban J connectivity index is 2.21. The van der Waals surface area contributed by atoms with Crippen LogP contribution < -0.4 is 14.8 Å². The number of hydrogen-bond acceptors (Lipinski definition) is 4. The third kappa shape index (κ3) is 2.62. The molecule has 4 nitrogen and oxygen atoms in total. The molecule has 2 aromatic rings. The molecule has 0 spiro atoms. The van der Waals surface area contributed by atoms with E-state index in [0.717, 1.165) is 0 Å². The first-order valence-corrected chi connectivity index (χ1v) is 6.19. The molecule has 1 amide bonds. The highest BCUT2D eigenvalue weighted by Gasteiger charge is 2.11. The van der Waals surface area contributed by atoms with Crippen molar-refractivity contribution in [1.29, 1.82) is 0 Å². The number of rotatable bonds is 4. The molecule has 5 heteroatoms. The van der Waals surface area contributed by atoms with Crippen molar-refractivity contribution < 1.29 is 14.3 Å². The van der Waals surface area contributed by atoms with Gasteiger partial charge in [-0.2, -0.15) is 0 Å². The number of amides is 1. The van der Waals surface area contributed by atoms with Gasteiger partial charge in [0.1, 0.15) is 11.5 Å². The molecule has 94 valence electrons. The molecule has 1 aromatic heterocycles. The number of hydrogen-bond donors (Lipinski definition) is 1. The van der Waals surface area contributed by atoms with Gasteiger partial charge in [-0.3, -0.25) is 4.79 Å². The molecular formula is C13H13NO3S. The van der Waals surface area contributed by atoms with E-state index < -0.39 is 0 Å². The summed E-state index contributed by atoms with van der Waals surface area (Å²) in [5, 5.41) is 4.67. The maximum atomic E-state index is 11.9. The van der Waals surface area contributed by atoms with Gasteiger partial charge in [0.2, 0.25) is 0 Å². The monoisotopic (exact) mass is 263 g/mol. The minimum Gasteiger partial charge on any atom is -0.497 e. The fourth-order valence-corrected chi connectivity index (χ4v) is 2.11. The number of benzene rings is 1. The number of methoxy groups -OCH3 is 2. The molecule has 0 radical (unpaired) electrons. The molecule has 1 N–H and O–H groups in total. The summed E-state index contributed by atoms with van der Waals surface area (Å²) in [4.78, 5) is 12.6. The Hall–Kier alpha value is -2.01. The van der Waals surface area contributed by atoms with E-state index in [2.05, 4.69) is 5.32 Å². The first-order valence-electron chi connectivity index (χ1n) is 5.31. The van der Waals surface area contributed by atoms with Crippen LogP contribution in [0.4, 0.5) is 5.69 Å². The van der Waals surface area contributed by atoms with Crippen molar-refractivity contribution in [3.63, 3.8) is 0 Å². The molecule has 1 aromatic carbocycles. The van der Waals surface area contributed by atoms with Crippen LogP contribution in [0.5, 0.6) is 11.5 Å². The lowest BCUT2D eigenvalue weighted by atomic mass is 10.2. The lowest BCUT2D eigenvalue weighted by Gasteiger charge is -2.10. The van der Waals surface area contributed by atoms with Crippen molar-refractivity contribution >= 4 is 22.9 Å². The smallest absolute Gasteiger partial charge is 0.265 e. The normalized spacial score (nSPS) is 9.89. The zero-order valence-corrected chi connectivity index (χ0v) is 10.9. The molecule has 0 atom stereocenters. The highest BCUT2D eigenvalue weighted by Crippen LogP contribution is 2.29. The number of thiophene rings is 1. The Morgan fingerprint density at radius 2 is 2.06 bits per heavy atom. The third-order valence-corrected chi connectivity index (χ3v) is 3.27. The van der Waals surface area contributed by atoms with Crippen LogP contribution in [0.2, 0.25) is 0 Å². The van der Waals surface area contributed by atoms with Crippen LogP contribution >= 0.6 is 11.3 Å². The van der Waals surface area contributed by atoms with Gasteiger partial charge in [0.15, 0.2) is 0 Å². The number of nitrogens with one attached hydrogen (secondary N) is 1. The second kappa shape index (κ2) is 5.55. The summed E-state index contributed by atoms with van der Waals surface area (Å²) in [6, 6.07) is 8.86. The van der Waals surface area contributed by atoms with E-state index in [1.165, 1.54) is 11.3 Å². The third-order valence-electron chi connectivity index (χ3n) is 2.40. The maximum Gasteiger partial charge on any atom is 0.265 e. The molecule has 0 aliphatic heterocycles. The Bertz CT molecular complexity index is 537. The summed E-state index contributed by atoms with van der Waals surface area (Å²) in [6.07, 6.45) is 0. The number of carbonyl (C=O) groups excluding carboxylic acids is 1. The summed E-state index contributed by atoms with van der Waals surface area (Å²) >= 11 is 1.39. The Kier molecular flexibility index (Phi) is 3.84. The predicted molar refractivity (Wildman–Crippen MR) is 71.8 cm³/mol. The van der Waals surface area contributed by atoms with E-state index in [-0.39, 0.29) is 5.91 Å². The molecule has 0 fully saturated rings. The lowest BCUT2D eigenvalue weighted by Crippen LogP contribution is -2.11. The molecule has 0 saturated heterocycles. The van der Waals surface area contributed by atoms with Gasteiger partial charge in [-0.05, 0) is 23.6 Å². The number of ether oxygens (including phenoxy) is 2.